The van der Waals surface area contributed by atoms with Crippen molar-refractivity contribution in [2.75, 3.05) is 18.5 Å². The molecule has 2 bridgehead atoms. The molecule has 9 nitrogen and oxygen atoms in total. The smallest absolute Gasteiger partial charge is 0.201 e. The lowest BCUT2D eigenvalue weighted by molar-refractivity contribution is -0.577. The van der Waals surface area contributed by atoms with Gasteiger partial charge in [0.15, 0.2) is 18.2 Å². The molecule has 0 unspecified atom stereocenters. The largest absolute Gasteiger partial charge is 0.494 e. The van der Waals surface area contributed by atoms with E-state index in [9.17, 15) is 4.39 Å². The zero-order chi connectivity index (χ0) is 31.2. The lowest BCUT2D eigenvalue weighted by Crippen LogP contribution is -2.70. The third-order valence-electron chi connectivity index (χ3n) is 10.2. The van der Waals surface area contributed by atoms with Gasteiger partial charge in [-0.2, -0.15) is 0 Å². The van der Waals surface area contributed by atoms with Crippen LogP contribution in [0.3, 0.4) is 0 Å². The van der Waals surface area contributed by atoms with E-state index in [-0.39, 0.29) is 23.1 Å². The van der Waals surface area contributed by atoms with Crippen LogP contribution in [0.4, 0.5) is 15.9 Å². The molecule has 8 rings (SSSR count). The molecule has 1 saturated carbocycles. The molecule has 5 aliphatic rings. The number of rotatable bonds is 10. The lowest BCUT2D eigenvalue weighted by Gasteiger charge is -2.60. The molecule has 4 saturated heterocycles. The van der Waals surface area contributed by atoms with Gasteiger partial charge in [-0.1, -0.05) is 25.4 Å². The fourth-order valence-electron chi connectivity index (χ4n) is 7.77. The number of halogens is 2. The molecule has 8 atom stereocenters. The molecule has 3 aromatic rings. The van der Waals surface area contributed by atoms with Crippen LogP contribution in [0.25, 0.3) is 10.9 Å². The summed E-state index contributed by atoms with van der Waals surface area (Å²) in [6.07, 6.45) is 7.44. The van der Waals surface area contributed by atoms with Gasteiger partial charge in [-0.3, -0.25) is 0 Å². The van der Waals surface area contributed by atoms with Gasteiger partial charge >= 0.3 is 0 Å². The van der Waals surface area contributed by atoms with Crippen molar-refractivity contribution < 1.29 is 33.1 Å². The fraction of sp³-hybridized carbons (Fsp3) is 0.588. The first-order chi connectivity index (χ1) is 21.8. The van der Waals surface area contributed by atoms with Crippen LogP contribution in [0, 0.1) is 29.5 Å². The van der Waals surface area contributed by atoms with E-state index in [0.717, 1.165) is 55.2 Å². The van der Waals surface area contributed by atoms with Crippen molar-refractivity contribution in [3.63, 3.8) is 0 Å². The van der Waals surface area contributed by atoms with Crippen LogP contribution < -0.4 is 10.1 Å². The Morgan fingerprint density at radius 2 is 1.87 bits per heavy atom. The van der Waals surface area contributed by atoms with Crippen molar-refractivity contribution in [2.45, 2.75) is 89.7 Å². The first-order valence-corrected chi connectivity index (χ1v) is 16.5. The number of unbranched alkanes of at least 4 members (excludes halogenated alkanes) is 2. The van der Waals surface area contributed by atoms with Crippen LogP contribution >= 0.6 is 11.6 Å². The predicted octanol–water partition coefficient (Wildman–Crippen LogP) is 7.94. The predicted molar refractivity (Wildman–Crippen MR) is 166 cm³/mol. The van der Waals surface area contributed by atoms with Gasteiger partial charge in [0.25, 0.3) is 0 Å². The summed E-state index contributed by atoms with van der Waals surface area (Å²) in [4.78, 5) is 20.9. The first-order valence-electron chi connectivity index (χ1n) is 16.2. The number of aromatic nitrogens is 2. The van der Waals surface area contributed by atoms with E-state index in [1.165, 1.54) is 24.9 Å². The SMILES string of the molecule is C[C@H]1[C@H](OCCCCCOc2ccc3ncnc(Nc4ccc(F)c(Cl)c4)c3c2)O[C@@H]2O[C@@]3(C)CC[C@H]4[C@H](C)CC[C@@H]1[C@@]24OO3. The summed E-state index contributed by atoms with van der Waals surface area (Å²) in [5.74, 6) is 1.37. The van der Waals surface area contributed by atoms with E-state index in [1.807, 2.05) is 25.1 Å². The molecule has 1 aliphatic carbocycles. The standard InChI is InChI=1S/C34H41ClFN3O6/c1-20-7-10-26-21(2)31(42-32-34(26)25(20)13-14-33(3,43-32)44-45-34)41-16-6-4-5-15-40-23-9-12-29-24(18-23)30(38-19-37-29)39-22-8-11-28(36)27(35)17-22/h8-9,11-12,17-21,25-26,31-32H,4-7,10,13-16H2,1-3H3,(H,37,38,39)/t20-,21-,25+,26+,31-,32-,33-,34-/m1/s1. The second kappa shape index (κ2) is 12.5. The van der Waals surface area contributed by atoms with Gasteiger partial charge in [0.05, 0.1) is 17.1 Å². The van der Waals surface area contributed by atoms with E-state index < -0.39 is 23.5 Å². The van der Waals surface area contributed by atoms with E-state index in [1.54, 1.807) is 6.07 Å². The first kappa shape index (κ1) is 31.0. The van der Waals surface area contributed by atoms with Crippen molar-refractivity contribution in [3.8, 4) is 5.75 Å². The van der Waals surface area contributed by atoms with E-state index in [0.29, 0.717) is 36.6 Å². The summed E-state index contributed by atoms with van der Waals surface area (Å²) in [6, 6.07) is 10.2. The zero-order valence-electron chi connectivity index (χ0n) is 26.0. The Labute approximate surface area is 268 Å². The molecule has 2 aromatic carbocycles. The number of nitrogens with one attached hydrogen (secondary N) is 1. The van der Waals surface area contributed by atoms with Crippen molar-refractivity contribution in [1.82, 2.24) is 9.97 Å². The summed E-state index contributed by atoms with van der Waals surface area (Å²) in [5.41, 5.74) is 0.833. The minimum absolute atomic E-state index is 0.0403. The average molecular weight is 642 g/mol. The van der Waals surface area contributed by atoms with Gasteiger partial charge in [0.1, 0.15) is 23.7 Å². The molecule has 5 fully saturated rings. The zero-order valence-corrected chi connectivity index (χ0v) is 26.7. The Hall–Kier alpha value is -2.60. The second-order valence-electron chi connectivity index (χ2n) is 13.2. The van der Waals surface area contributed by atoms with Crippen molar-refractivity contribution in [3.05, 3.63) is 53.6 Å². The maximum Gasteiger partial charge on any atom is 0.201 e. The molecular weight excluding hydrogens is 601 g/mol. The normalized spacial score (nSPS) is 33.9. The third kappa shape index (κ3) is 5.90. The van der Waals surface area contributed by atoms with Gasteiger partial charge in [-0.15, -0.1) is 0 Å². The van der Waals surface area contributed by atoms with Gasteiger partial charge in [-0.25, -0.2) is 24.1 Å². The van der Waals surface area contributed by atoms with Crippen LogP contribution in [0.2, 0.25) is 5.02 Å². The lowest BCUT2D eigenvalue weighted by atomic mass is 9.58. The summed E-state index contributed by atoms with van der Waals surface area (Å²) in [5, 5.41) is 4.04. The Morgan fingerprint density at radius 1 is 1.00 bits per heavy atom. The minimum atomic E-state index is -0.782. The monoisotopic (exact) mass is 641 g/mol. The van der Waals surface area contributed by atoms with E-state index in [2.05, 4.69) is 29.1 Å². The number of ether oxygens (including phenoxy) is 4. The number of fused-ring (bicyclic) bond motifs is 3. The minimum Gasteiger partial charge on any atom is -0.494 e. The topological polar surface area (TPSA) is 93.2 Å². The molecule has 1 N–H and O–H groups in total. The summed E-state index contributed by atoms with van der Waals surface area (Å²) < 4.78 is 39.0. The van der Waals surface area contributed by atoms with Gasteiger partial charge in [-0.05, 0) is 93.7 Å². The number of hydrogen-bond donors (Lipinski definition) is 1. The third-order valence-corrected chi connectivity index (χ3v) is 10.5. The molecular formula is C34H41ClFN3O6. The van der Waals surface area contributed by atoms with E-state index >= 15 is 0 Å². The maximum absolute atomic E-state index is 13.6. The fourth-order valence-corrected chi connectivity index (χ4v) is 7.95. The average Bonchev–Trinajstić information content (AvgIpc) is 3.26. The number of nitrogens with zero attached hydrogens (tertiary/aromatic N) is 2. The van der Waals surface area contributed by atoms with Crippen molar-refractivity contribution >= 4 is 34.0 Å². The van der Waals surface area contributed by atoms with E-state index in [4.69, 9.17) is 40.3 Å². The van der Waals surface area contributed by atoms with Crippen LogP contribution in [0.15, 0.2) is 42.7 Å². The van der Waals surface area contributed by atoms with Crippen LogP contribution in [-0.4, -0.2) is 47.1 Å². The molecule has 11 heteroatoms. The maximum atomic E-state index is 13.6. The highest BCUT2D eigenvalue weighted by molar-refractivity contribution is 6.31. The van der Waals surface area contributed by atoms with Crippen molar-refractivity contribution in [1.29, 1.82) is 0 Å². The molecule has 5 heterocycles. The van der Waals surface area contributed by atoms with Gasteiger partial charge < -0.3 is 24.3 Å². The Bertz CT molecular complexity index is 1530. The van der Waals surface area contributed by atoms with Crippen LogP contribution in [-0.2, 0) is 24.0 Å². The highest BCUT2D eigenvalue weighted by atomic mass is 35.5. The molecule has 1 spiro atoms. The molecule has 242 valence electrons. The molecule has 0 amide bonds. The van der Waals surface area contributed by atoms with Crippen molar-refractivity contribution in [2.24, 2.45) is 23.7 Å². The molecule has 45 heavy (non-hydrogen) atoms. The highest BCUT2D eigenvalue weighted by Crippen LogP contribution is 2.60. The van der Waals surface area contributed by atoms with Gasteiger partial charge in [0.2, 0.25) is 5.79 Å². The highest BCUT2D eigenvalue weighted by Gasteiger charge is 2.69. The molecule has 1 aromatic heterocycles. The van der Waals surface area contributed by atoms with Gasteiger partial charge in [0, 0.05) is 35.9 Å². The second-order valence-corrected chi connectivity index (χ2v) is 13.6. The molecule has 0 radical (unpaired) electrons. The Balaban J connectivity index is 0.900. The van der Waals surface area contributed by atoms with Crippen LogP contribution in [0.1, 0.15) is 65.7 Å². The number of benzene rings is 2. The quantitative estimate of drug-likeness (QED) is 0.175. The van der Waals surface area contributed by atoms with Crippen LogP contribution in [0.5, 0.6) is 5.75 Å². The summed E-state index contributed by atoms with van der Waals surface area (Å²) >= 11 is 5.95. The summed E-state index contributed by atoms with van der Waals surface area (Å²) in [7, 11) is 0. The number of anilines is 2. The number of hydrogen-bond acceptors (Lipinski definition) is 9. The summed E-state index contributed by atoms with van der Waals surface area (Å²) in [6.45, 7) is 7.66. The Morgan fingerprint density at radius 3 is 2.73 bits per heavy atom. The molecule has 4 aliphatic heterocycles. The Kier molecular flexibility index (Phi) is 8.65.